The number of nitrogens with zero attached hydrogens (tertiary/aromatic N) is 1. The van der Waals surface area contributed by atoms with Gasteiger partial charge in [0.1, 0.15) is 17.2 Å². The molecular weight excluding hydrogens is 353 g/mol. The van der Waals surface area contributed by atoms with Crippen LogP contribution in [0.1, 0.15) is 5.56 Å². The Kier molecular flexibility index (Phi) is 4.95. The van der Waals surface area contributed by atoms with E-state index in [9.17, 15) is 0 Å². The second-order valence-electron chi connectivity index (χ2n) is 4.87. The first-order valence-corrected chi connectivity index (χ1v) is 8.72. The van der Waals surface area contributed by atoms with E-state index < -0.39 is 0 Å². The van der Waals surface area contributed by atoms with Crippen molar-refractivity contribution in [3.05, 3.63) is 57.4 Å². The largest absolute Gasteiger partial charge is 0.494 e. The van der Waals surface area contributed by atoms with Gasteiger partial charge < -0.3 is 14.4 Å². The van der Waals surface area contributed by atoms with Gasteiger partial charge in [-0.25, -0.2) is 0 Å². The Morgan fingerprint density at radius 2 is 1.70 bits per heavy atom. The molecule has 2 aromatic rings. The second kappa shape index (κ2) is 6.95. The summed E-state index contributed by atoms with van der Waals surface area (Å²) in [6, 6.07) is 11.4. The molecule has 3 nitrogen and oxygen atoms in total. The molecule has 1 aliphatic heterocycles. The van der Waals surface area contributed by atoms with E-state index in [0.717, 1.165) is 34.3 Å². The minimum atomic E-state index is 0.536. The monoisotopic (exact) mass is 367 g/mol. The fraction of sp³-hybridized carbons (Fsp3) is 0.176. The first-order valence-electron chi connectivity index (χ1n) is 6.91. The van der Waals surface area contributed by atoms with Crippen LogP contribution in [0, 0.1) is 0 Å². The van der Waals surface area contributed by atoms with Crippen LogP contribution in [0.25, 0.3) is 5.70 Å². The van der Waals surface area contributed by atoms with Crippen molar-refractivity contribution in [2.45, 2.75) is 0 Å². The van der Waals surface area contributed by atoms with Gasteiger partial charge in [0.2, 0.25) is 0 Å². The normalized spacial score (nSPS) is 13.9. The smallest absolute Gasteiger partial charge is 0.146 e. The number of anilines is 1. The summed E-state index contributed by atoms with van der Waals surface area (Å²) in [6.45, 7) is 0. The molecule has 0 spiro atoms. The van der Waals surface area contributed by atoms with Crippen molar-refractivity contribution in [2.24, 2.45) is 0 Å². The molecule has 0 saturated heterocycles. The second-order valence-corrected chi connectivity index (χ2v) is 6.51. The summed E-state index contributed by atoms with van der Waals surface area (Å²) in [5, 5.41) is 3.18. The van der Waals surface area contributed by atoms with E-state index in [0.29, 0.717) is 10.0 Å². The van der Waals surface area contributed by atoms with Crippen molar-refractivity contribution in [1.29, 1.82) is 0 Å². The minimum absolute atomic E-state index is 0.536. The number of rotatable bonds is 4. The topological polar surface area (TPSA) is 21.7 Å². The SMILES string of the molecule is COc1cccc(OC)c1N1CSC=C1c1ccc(Cl)c(Cl)c1. The highest BCUT2D eigenvalue weighted by molar-refractivity contribution is 8.02. The van der Waals surface area contributed by atoms with Crippen LogP contribution in [-0.2, 0) is 0 Å². The molecule has 0 saturated carbocycles. The van der Waals surface area contributed by atoms with E-state index >= 15 is 0 Å². The molecule has 0 N–H and O–H groups in total. The van der Waals surface area contributed by atoms with Gasteiger partial charge in [-0.2, -0.15) is 0 Å². The standard InChI is InChI=1S/C17H15Cl2NO2S/c1-21-15-4-3-5-16(22-2)17(15)20-10-23-9-14(20)11-6-7-12(18)13(19)8-11/h3-9H,10H2,1-2H3. The van der Waals surface area contributed by atoms with Crippen molar-refractivity contribution in [3.8, 4) is 11.5 Å². The summed E-state index contributed by atoms with van der Waals surface area (Å²) >= 11 is 13.9. The van der Waals surface area contributed by atoms with Gasteiger partial charge in [0.05, 0.1) is 35.8 Å². The first kappa shape index (κ1) is 16.4. The lowest BCUT2D eigenvalue weighted by molar-refractivity contribution is 0.396. The maximum atomic E-state index is 6.17. The van der Waals surface area contributed by atoms with E-state index in [2.05, 4.69) is 10.3 Å². The molecule has 0 fully saturated rings. The van der Waals surface area contributed by atoms with Gasteiger partial charge in [-0.1, -0.05) is 35.3 Å². The highest BCUT2D eigenvalue weighted by Gasteiger charge is 2.25. The molecule has 0 amide bonds. The van der Waals surface area contributed by atoms with Gasteiger partial charge >= 0.3 is 0 Å². The van der Waals surface area contributed by atoms with E-state index in [1.54, 1.807) is 32.0 Å². The number of hydrogen-bond donors (Lipinski definition) is 0. The van der Waals surface area contributed by atoms with Gasteiger partial charge in [0, 0.05) is 5.56 Å². The lowest BCUT2D eigenvalue weighted by Gasteiger charge is -2.26. The highest BCUT2D eigenvalue weighted by Crippen LogP contribution is 2.45. The average molecular weight is 368 g/mol. The molecule has 23 heavy (non-hydrogen) atoms. The fourth-order valence-electron chi connectivity index (χ4n) is 2.49. The predicted octanol–water partition coefficient (Wildman–Crippen LogP) is 5.52. The summed E-state index contributed by atoms with van der Waals surface area (Å²) in [4.78, 5) is 2.15. The van der Waals surface area contributed by atoms with E-state index in [4.69, 9.17) is 32.7 Å². The first-order chi connectivity index (χ1) is 11.2. The Morgan fingerprint density at radius 1 is 1.00 bits per heavy atom. The molecule has 1 aliphatic rings. The number of halogens is 2. The van der Waals surface area contributed by atoms with Crippen LogP contribution in [0.5, 0.6) is 11.5 Å². The Hall–Kier alpha value is -1.49. The maximum absolute atomic E-state index is 6.17. The zero-order valence-electron chi connectivity index (χ0n) is 12.7. The van der Waals surface area contributed by atoms with Crippen molar-refractivity contribution >= 4 is 46.3 Å². The molecule has 0 atom stereocenters. The third-order valence-electron chi connectivity index (χ3n) is 3.58. The number of methoxy groups -OCH3 is 2. The zero-order chi connectivity index (χ0) is 16.4. The molecule has 0 aliphatic carbocycles. The summed E-state index contributed by atoms with van der Waals surface area (Å²) in [5.41, 5.74) is 2.94. The zero-order valence-corrected chi connectivity index (χ0v) is 15.0. The molecular formula is C17H15Cl2NO2S. The van der Waals surface area contributed by atoms with Crippen LogP contribution < -0.4 is 14.4 Å². The molecule has 0 radical (unpaired) electrons. The number of benzene rings is 2. The van der Waals surface area contributed by atoms with E-state index in [1.807, 2.05) is 30.3 Å². The lowest BCUT2D eigenvalue weighted by atomic mass is 10.1. The third-order valence-corrected chi connectivity index (χ3v) is 5.11. The molecule has 2 aromatic carbocycles. The summed E-state index contributed by atoms with van der Waals surface area (Å²) < 4.78 is 11.0. The quantitative estimate of drug-likeness (QED) is 0.708. The summed E-state index contributed by atoms with van der Waals surface area (Å²) in [5.74, 6) is 2.29. The van der Waals surface area contributed by atoms with E-state index in [1.165, 1.54) is 0 Å². The number of hydrogen-bond acceptors (Lipinski definition) is 4. The van der Waals surface area contributed by atoms with Gasteiger partial charge in [-0.3, -0.25) is 0 Å². The molecule has 0 aromatic heterocycles. The van der Waals surface area contributed by atoms with Crippen molar-refractivity contribution in [1.82, 2.24) is 0 Å². The van der Waals surface area contributed by atoms with Crippen LogP contribution in [-0.4, -0.2) is 20.1 Å². The molecule has 6 heteroatoms. The van der Waals surface area contributed by atoms with Crippen LogP contribution in [0.15, 0.2) is 41.8 Å². The molecule has 1 heterocycles. The maximum Gasteiger partial charge on any atom is 0.146 e. The molecule has 0 unspecified atom stereocenters. The van der Waals surface area contributed by atoms with E-state index in [-0.39, 0.29) is 0 Å². The van der Waals surface area contributed by atoms with Gasteiger partial charge in [0.25, 0.3) is 0 Å². The van der Waals surface area contributed by atoms with Crippen LogP contribution in [0.3, 0.4) is 0 Å². The molecule has 120 valence electrons. The third kappa shape index (κ3) is 3.11. The lowest BCUT2D eigenvalue weighted by Crippen LogP contribution is -2.18. The Balaban J connectivity index is 2.07. The molecule has 0 bridgehead atoms. The van der Waals surface area contributed by atoms with Crippen LogP contribution in [0.2, 0.25) is 10.0 Å². The minimum Gasteiger partial charge on any atom is -0.494 e. The fourth-order valence-corrected chi connectivity index (χ4v) is 3.70. The Bertz CT molecular complexity index is 742. The van der Waals surface area contributed by atoms with Crippen molar-refractivity contribution in [2.75, 3.05) is 25.0 Å². The van der Waals surface area contributed by atoms with Crippen LogP contribution in [0.4, 0.5) is 5.69 Å². The van der Waals surface area contributed by atoms with Gasteiger partial charge in [-0.15, -0.1) is 11.8 Å². The average Bonchev–Trinajstić information content (AvgIpc) is 3.05. The van der Waals surface area contributed by atoms with Gasteiger partial charge in [-0.05, 0) is 29.7 Å². The summed E-state index contributed by atoms with van der Waals surface area (Å²) in [7, 11) is 3.31. The summed E-state index contributed by atoms with van der Waals surface area (Å²) in [6.07, 6.45) is 0. The van der Waals surface area contributed by atoms with Gasteiger partial charge in [0.15, 0.2) is 0 Å². The predicted molar refractivity (Wildman–Crippen MR) is 98.9 cm³/mol. The number of ether oxygens (including phenoxy) is 2. The Morgan fingerprint density at radius 3 is 2.30 bits per heavy atom. The van der Waals surface area contributed by atoms with Crippen molar-refractivity contribution in [3.63, 3.8) is 0 Å². The molecule has 3 rings (SSSR count). The number of para-hydroxylation sites is 1. The number of thioether (sulfide) groups is 1. The van der Waals surface area contributed by atoms with Crippen molar-refractivity contribution < 1.29 is 9.47 Å². The highest BCUT2D eigenvalue weighted by atomic mass is 35.5. The Labute approximate surface area is 149 Å². The van der Waals surface area contributed by atoms with Crippen LogP contribution >= 0.6 is 35.0 Å².